The van der Waals surface area contributed by atoms with Gasteiger partial charge < -0.3 is 9.64 Å². The molecule has 3 unspecified atom stereocenters. The van der Waals surface area contributed by atoms with Gasteiger partial charge in [0.1, 0.15) is 0 Å². The SMILES string of the molecule is CC(Oc1c(F)cc(-c2ccc(S(C)(=O)=O)cc2)cc1F)C1C2CN(c3ncc(Cl)cn3)CC21. The molecule has 2 aromatic carbocycles. The van der Waals surface area contributed by atoms with Gasteiger partial charge in [-0.3, -0.25) is 0 Å². The summed E-state index contributed by atoms with van der Waals surface area (Å²) in [6.07, 6.45) is 3.87. The zero-order valence-electron chi connectivity index (χ0n) is 18.5. The fourth-order valence-corrected chi connectivity index (χ4v) is 5.63. The van der Waals surface area contributed by atoms with E-state index >= 15 is 0 Å². The van der Waals surface area contributed by atoms with Crippen LogP contribution in [-0.4, -0.2) is 43.8 Å². The Hall–Kier alpha value is -2.78. The molecule has 2 aliphatic rings. The van der Waals surface area contributed by atoms with Crippen LogP contribution in [0, 0.1) is 29.4 Å². The Morgan fingerprint density at radius 2 is 1.59 bits per heavy atom. The maximum Gasteiger partial charge on any atom is 0.225 e. The third kappa shape index (κ3) is 4.34. The summed E-state index contributed by atoms with van der Waals surface area (Å²) < 4.78 is 58.6. The number of halogens is 3. The highest BCUT2D eigenvalue weighted by atomic mass is 35.5. The summed E-state index contributed by atoms with van der Waals surface area (Å²) in [7, 11) is -3.35. The number of nitrogens with zero attached hydrogens (tertiary/aromatic N) is 3. The highest BCUT2D eigenvalue weighted by Crippen LogP contribution is 2.54. The van der Waals surface area contributed by atoms with E-state index in [-0.39, 0.29) is 16.9 Å². The number of benzene rings is 2. The quantitative estimate of drug-likeness (QED) is 0.486. The second-order valence-corrected chi connectivity index (χ2v) is 11.4. The second kappa shape index (κ2) is 8.46. The summed E-state index contributed by atoms with van der Waals surface area (Å²) in [5.74, 6) is -0.452. The van der Waals surface area contributed by atoms with Gasteiger partial charge in [0.2, 0.25) is 5.95 Å². The summed E-state index contributed by atoms with van der Waals surface area (Å²) in [6, 6.07) is 8.28. The van der Waals surface area contributed by atoms with Crippen molar-refractivity contribution in [3.63, 3.8) is 0 Å². The molecule has 1 saturated carbocycles. The number of hydrogen-bond donors (Lipinski definition) is 0. The first-order valence-electron chi connectivity index (χ1n) is 10.8. The Morgan fingerprint density at radius 3 is 2.12 bits per heavy atom. The third-order valence-electron chi connectivity index (χ3n) is 6.61. The molecular formula is C24H22ClF2N3O3S. The minimum atomic E-state index is -3.35. The van der Waals surface area contributed by atoms with Gasteiger partial charge in [0, 0.05) is 25.3 Å². The van der Waals surface area contributed by atoms with E-state index in [4.69, 9.17) is 16.3 Å². The van der Waals surface area contributed by atoms with Crippen molar-refractivity contribution in [2.45, 2.75) is 17.9 Å². The van der Waals surface area contributed by atoms with Crippen molar-refractivity contribution < 1.29 is 21.9 Å². The summed E-state index contributed by atoms with van der Waals surface area (Å²) in [4.78, 5) is 10.7. The molecule has 0 radical (unpaired) electrons. The molecule has 2 heterocycles. The summed E-state index contributed by atoms with van der Waals surface area (Å²) in [6.45, 7) is 3.36. The largest absolute Gasteiger partial charge is 0.484 e. The molecule has 0 bridgehead atoms. The van der Waals surface area contributed by atoms with E-state index in [1.807, 2.05) is 6.92 Å². The number of piperidine rings is 1. The fraction of sp³-hybridized carbons (Fsp3) is 0.333. The minimum Gasteiger partial charge on any atom is -0.484 e. The van der Waals surface area contributed by atoms with Crippen LogP contribution in [-0.2, 0) is 9.84 Å². The van der Waals surface area contributed by atoms with Gasteiger partial charge in [-0.05, 0) is 54.2 Å². The lowest BCUT2D eigenvalue weighted by Crippen LogP contribution is -2.29. The van der Waals surface area contributed by atoms with Crippen LogP contribution in [0.1, 0.15) is 6.92 Å². The van der Waals surface area contributed by atoms with Crippen molar-refractivity contribution in [1.29, 1.82) is 0 Å². The minimum absolute atomic E-state index is 0.141. The molecule has 1 aliphatic heterocycles. The molecule has 34 heavy (non-hydrogen) atoms. The Bertz CT molecular complexity index is 1300. The molecule has 0 spiro atoms. The van der Waals surface area contributed by atoms with Crippen LogP contribution < -0.4 is 9.64 Å². The standard InChI is InChI=1S/C24H22ClF2N3O3S/c1-13(22-18-11-30(12-19(18)22)24-28-9-16(25)10-29-24)33-23-20(26)7-15(8-21(23)27)14-3-5-17(6-4-14)34(2,31)32/h3-10,13,18-19,22H,11-12H2,1-2H3. The van der Waals surface area contributed by atoms with E-state index in [1.54, 1.807) is 12.4 Å². The second-order valence-electron chi connectivity index (χ2n) is 8.90. The molecule has 10 heteroatoms. The van der Waals surface area contributed by atoms with E-state index in [2.05, 4.69) is 14.9 Å². The zero-order chi connectivity index (χ0) is 24.2. The summed E-state index contributed by atoms with van der Waals surface area (Å²) in [5.41, 5.74) is 0.808. The smallest absolute Gasteiger partial charge is 0.225 e. The van der Waals surface area contributed by atoms with Gasteiger partial charge in [-0.15, -0.1) is 0 Å². The van der Waals surface area contributed by atoms with Gasteiger partial charge in [-0.25, -0.2) is 27.2 Å². The van der Waals surface area contributed by atoms with E-state index < -0.39 is 27.2 Å². The van der Waals surface area contributed by atoms with Gasteiger partial charge in [0.15, 0.2) is 27.2 Å². The molecular weight excluding hydrogens is 484 g/mol. The van der Waals surface area contributed by atoms with Gasteiger partial charge in [-0.2, -0.15) is 0 Å². The van der Waals surface area contributed by atoms with E-state index in [9.17, 15) is 17.2 Å². The van der Waals surface area contributed by atoms with E-state index in [0.29, 0.717) is 33.9 Å². The number of sulfone groups is 1. The molecule has 1 aliphatic carbocycles. The van der Waals surface area contributed by atoms with E-state index in [1.165, 1.54) is 36.4 Å². The van der Waals surface area contributed by atoms with Crippen molar-refractivity contribution in [1.82, 2.24) is 9.97 Å². The van der Waals surface area contributed by atoms with Crippen molar-refractivity contribution in [2.24, 2.45) is 17.8 Å². The van der Waals surface area contributed by atoms with Crippen molar-refractivity contribution >= 4 is 27.4 Å². The van der Waals surface area contributed by atoms with Crippen molar-refractivity contribution in [3.8, 4) is 16.9 Å². The molecule has 0 N–H and O–H groups in total. The van der Waals surface area contributed by atoms with Crippen molar-refractivity contribution in [3.05, 3.63) is 65.4 Å². The first-order valence-corrected chi connectivity index (χ1v) is 13.1. The Balaban J connectivity index is 1.25. The van der Waals surface area contributed by atoms with Crippen LogP contribution in [0.3, 0.4) is 0 Å². The monoisotopic (exact) mass is 505 g/mol. The molecule has 5 rings (SSSR count). The van der Waals surface area contributed by atoms with Gasteiger partial charge in [-0.1, -0.05) is 23.7 Å². The molecule has 6 nitrogen and oxygen atoms in total. The van der Waals surface area contributed by atoms with Crippen LogP contribution in [0.15, 0.2) is 53.7 Å². The molecule has 2 fully saturated rings. The first kappa shape index (κ1) is 23.0. The predicted molar refractivity (Wildman–Crippen MR) is 125 cm³/mol. The highest BCUT2D eigenvalue weighted by Gasteiger charge is 2.59. The number of fused-ring (bicyclic) bond motifs is 1. The fourth-order valence-electron chi connectivity index (χ4n) is 4.90. The van der Waals surface area contributed by atoms with Gasteiger partial charge in [0.25, 0.3) is 0 Å². The van der Waals surface area contributed by atoms with Gasteiger partial charge >= 0.3 is 0 Å². The molecule has 3 atom stereocenters. The highest BCUT2D eigenvalue weighted by molar-refractivity contribution is 7.90. The topological polar surface area (TPSA) is 72.4 Å². The summed E-state index contributed by atoms with van der Waals surface area (Å²) in [5, 5.41) is 0.481. The zero-order valence-corrected chi connectivity index (χ0v) is 20.0. The first-order chi connectivity index (χ1) is 16.1. The number of ether oxygens (including phenoxy) is 1. The lowest BCUT2D eigenvalue weighted by Gasteiger charge is -2.23. The van der Waals surface area contributed by atoms with Crippen LogP contribution in [0.25, 0.3) is 11.1 Å². The average molecular weight is 506 g/mol. The molecule has 1 saturated heterocycles. The van der Waals surface area contributed by atoms with Gasteiger partial charge in [0.05, 0.1) is 28.4 Å². The third-order valence-corrected chi connectivity index (χ3v) is 7.93. The molecule has 1 aromatic heterocycles. The Morgan fingerprint density at radius 1 is 1.03 bits per heavy atom. The van der Waals surface area contributed by atoms with Crippen LogP contribution >= 0.6 is 11.6 Å². The Labute approximate surface area is 201 Å². The molecule has 3 aromatic rings. The normalized spacial score (nSPS) is 22.4. The number of anilines is 1. The molecule has 178 valence electrons. The lowest BCUT2D eigenvalue weighted by molar-refractivity contribution is 0.167. The van der Waals surface area contributed by atoms with Crippen LogP contribution in [0.5, 0.6) is 5.75 Å². The van der Waals surface area contributed by atoms with Crippen LogP contribution in [0.2, 0.25) is 5.02 Å². The van der Waals surface area contributed by atoms with Crippen molar-refractivity contribution in [2.75, 3.05) is 24.2 Å². The average Bonchev–Trinajstić information content (AvgIpc) is 3.29. The maximum atomic E-state index is 14.8. The molecule has 0 amide bonds. The van der Waals surface area contributed by atoms with E-state index in [0.717, 1.165) is 19.3 Å². The number of aromatic nitrogens is 2. The summed E-state index contributed by atoms with van der Waals surface area (Å²) >= 11 is 5.85. The van der Waals surface area contributed by atoms with Crippen LogP contribution in [0.4, 0.5) is 14.7 Å². The number of rotatable bonds is 6. The Kier molecular flexibility index (Phi) is 5.72. The maximum absolute atomic E-state index is 14.8. The lowest BCUT2D eigenvalue weighted by atomic mass is 10.1. The number of hydrogen-bond acceptors (Lipinski definition) is 6. The predicted octanol–water partition coefficient (Wildman–Crippen LogP) is 4.63.